The summed E-state index contributed by atoms with van der Waals surface area (Å²) in [5, 5.41) is 7.61. The minimum absolute atomic E-state index is 0.0510. The molecule has 114 valence electrons. The van der Waals surface area contributed by atoms with E-state index in [1.165, 1.54) is 12.5 Å². The molecule has 2 fully saturated rings. The van der Waals surface area contributed by atoms with Crippen LogP contribution in [0.2, 0.25) is 0 Å². The second-order valence-corrected chi connectivity index (χ2v) is 7.55. The van der Waals surface area contributed by atoms with Gasteiger partial charge in [-0.05, 0) is 49.3 Å². The van der Waals surface area contributed by atoms with Gasteiger partial charge in [0, 0.05) is 11.6 Å². The van der Waals surface area contributed by atoms with Crippen molar-refractivity contribution in [2.45, 2.75) is 30.6 Å². The number of rotatable bonds is 3. The first kappa shape index (κ1) is 14.5. The van der Waals surface area contributed by atoms with E-state index in [1.54, 1.807) is 0 Å². The average Bonchev–Trinajstić information content (AvgIpc) is 2.99. The van der Waals surface area contributed by atoms with Crippen molar-refractivity contribution in [2.24, 2.45) is 22.9 Å². The van der Waals surface area contributed by atoms with Gasteiger partial charge in [-0.25, -0.2) is 17.9 Å². The van der Waals surface area contributed by atoms with Crippen molar-refractivity contribution in [3.05, 3.63) is 24.0 Å². The van der Waals surface area contributed by atoms with Crippen LogP contribution < -0.4 is 10.5 Å². The maximum absolute atomic E-state index is 13.5. The van der Waals surface area contributed by atoms with Crippen LogP contribution in [0.1, 0.15) is 25.7 Å². The van der Waals surface area contributed by atoms with Crippen molar-refractivity contribution < 1.29 is 17.6 Å². The molecule has 0 heterocycles. The van der Waals surface area contributed by atoms with Gasteiger partial charge in [0.05, 0.1) is 4.90 Å². The highest BCUT2D eigenvalue weighted by atomic mass is 32.2. The summed E-state index contributed by atoms with van der Waals surface area (Å²) in [5.74, 6) is 0.0717. The number of nitrogens with two attached hydrogens (primary N) is 1. The minimum atomic E-state index is -4.00. The number of primary sulfonamides is 1. The van der Waals surface area contributed by atoms with Gasteiger partial charge in [0.15, 0.2) is 0 Å². The van der Waals surface area contributed by atoms with Crippen LogP contribution >= 0.6 is 0 Å². The number of sulfonamides is 1. The topological polar surface area (TPSA) is 89.3 Å². The van der Waals surface area contributed by atoms with Gasteiger partial charge >= 0.3 is 0 Å². The minimum Gasteiger partial charge on any atom is -0.326 e. The van der Waals surface area contributed by atoms with Gasteiger partial charge in [-0.15, -0.1) is 0 Å². The van der Waals surface area contributed by atoms with Crippen LogP contribution in [0.15, 0.2) is 23.1 Å². The molecule has 5 nitrogen and oxygen atoms in total. The number of halogens is 1. The molecule has 3 atom stereocenters. The number of anilines is 1. The molecule has 0 spiro atoms. The summed E-state index contributed by atoms with van der Waals surface area (Å²) in [4.78, 5) is 11.9. The third kappa shape index (κ3) is 2.94. The van der Waals surface area contributed by atoms with Gasteiger partial charge in [0.1, 0.15) is 5.82 Å². The fourth-order valence-corrected chi connectivity index (χ4v) is 4.17. The molecule has 2 saturated carbocycles. The predicted octanol–water partition coefficient (Wildman–Crippen LogP) is 1.85. The smallest absolute Gasteiger partial charge is 0.238 e. The first-order valence-electron chi connectivity index (χ1n) is 6.97. The lowest BCUT2D eigenvalue weighted by Crippen LogP contribution is -2.27. The summed E-state index contributed by atoms with van der Waals surface area (Å²) < 4.78 is 36.0. The molecule has 2 bridgehead atoms. The number of carbonyl (C=O) groups excluding carboxylic acids is 1. The molecular formula is C14H17FN2O3S. The van der Waals surface area contributed by atoms with E-state index >= 15 is 0 Å². The van der Waals surface area contributed by atoms with Crippen LogP contribution in [-0.4, -0.2) is 14.3 Å². The second-order valence-electron chi connectivity index (χ2n) is 5.99. The van der Waals surface area contributed by atoms with Gasteiger partial charge in [-0.3, -0.25) is 4.79 Å². The fourth-order valence-electron chi connectivity index (χ4n) is 3.60. The lowest BCUT2D eigenvalue weighted by molar-refractivity contribution is -0.121. The average molecular weight is 312 g/mol. The normalized spacial score (nSPS) is 27.8. The van der Waals surface area contributed by atoms with Crippen molar-refractivity contribution in [1.29, 1.82) is 0 Å². The van der Waals surface area contributed by atoms with Crippen molar-refractivity contribution in [3.8, 4) is 0 Å². The van der Waals surface area contributed by atoms with Gasteiger partial charge in [0.25, 0.3) is 0 Å². The van der Waals surface area contributed by atoms with Gasteiger partial charge in [-0.1, -0.05) is 6.42 Å². The SMILES string of the molecule is NS(=O)(=O)c1cc(F)cc(NC(=O)C2CC3CCC2C3)c1. The molecule has 1 aromatic rings. The van der Waals surface area contributed by atoms with E-state index in [-0.39, 0.29) is 22.4 Å². The molecule has 2 aliphatic carbocycles. The van der Waals surface area contributed by atoms with E-state index in [1.807, 2.05) is 0 Å². The zero-order chi connectivity index (χ0) is 15.2. The molecule has 3 unspecified atom stereocenters. The van der Waals surface area contributed by atoms with Crippen LogP contribution in [0.3, 0.4) is 0 Å². The highest BCUT2D eigenvalue weighted by Gasteiger charge is 2.43. The largest absolute Gasteiger partial charge is 0.326 e. The quantitative estimate of drug-likeness (QED) is 0.892. The number of nitrogens with one attached hydrogen (secondary N) is 1. The molecule has 1 aromatic carbocycles. The number of amides is 1. The molecule has 7 heteroatoms. The lowest BCUT2D eigenvalue weighted by Gasteiger charge is -2.20. The fraction of sp³-hybridized carbons (Fsp3) is 0.500. The number of hydrogen-bond donors (Lipinski definition) is 2. The first-order valence-corrected chi connectivity index (χ1v) is 8.52. The lowest BCUT2D eigenvalue weighted by atomic mass is 9.88. The van der Waals surface area contributed by atoms with E-state index in [4.69, 9.17) is 5.14 Å². The zero-order valence-corrected chi connectivity index (χ0v) is 12.2. The van der Waals surface area contributed by atoms with Crippen LogP contribution in [0.25, 0.3) is 0 Å². The number of fused-ring (bicyclic) bond motifs is 2. The Balaban J connectivity index is 1.79. The molecule has 0 saturated heterocycles. The molecular weight excluding hydrogens is 295 g/mol. The highest BCUT2D eigenvalue weighted by molar-refractivity contribution is 7.89. The monoisotopic (exact) mass is 312 g/mol. The third-order valence-electron chi connectivity index (χ3n) is 4.54. The Kier molecular flexibility index (Phi) is 3.49. The standard InChI is InChI=1S/C14H17FN2O3S/c15-10-5-11(7-12(6-10)21(16,19)20)17-14(18)13-4-8-1-2-9(13)3-8/h5-9,13H,1-4H2,(H,17,18)(H2,16,19,20). The Bertz CT molecular complexity index is 689. The number of hydrogen-bond acceptors (Lipinski definition) is 3. The van der Waals surface area contributed by atoms with Crippen molar-refractivity contribution in [2.75, 3.05) is 5.32 Å². The highest BCUT2D eigenvalue weighted by Crippen LogP contribution is 2.48. The van der Waals surface area contributed by atoms with E-state index in [2.05, 4.69) is 5.32 Å². The Labute approximate surface area is 122 Å². The molecule has 1 amide bonds. The summed E-state index contributed by atoms with van der Waals surface area (Å²) in [7, 11) is -4.00. The molecule has 3 N–H and O–H groups in total. The van der Waals surface area contributed by atoms with Crippen LogP contribution in [0.4, 0.5) is 10.1 Å². The first-order chi connectivity index (χ1) is 9.83. The summed E-state index contributed by atoms with van der Waals surface area (Å²) in [5.41, 5.74) is 0.131. The number of benzene rings is 1. The van der Waals surface area contributed by atoms with E-state index in [0.717, 1.165) is 31.4 Å². The van der Waals surface area contributed by atoms with Crippen molar-refractivity contribution in [1.82, 2.24) is 0 Å². The molecule has 2 aliphatic rings. The molecule has 3 rings (SSSR count). The third-order valence-corrected chi connectivity index (χ3v) is 5.43. The maximum Gasteiger partial charge on any atom is 0.238 e. The Morgan fingerprint density at radius 2 is 2.00 bits per heavy atom. The molecule has 0 radical (unpaired) electrons. The Hall–Kier alpha value is -1.47. The summed E-state index contributed by atoms with van der Waals surface area (Å²) in [6, 6.07) is 3.12. The maximum atomic E-state index is 13.5. The van der Waals surface area contributed by atoms with Gasteiger partial charge < -0.3 is 5.32 Å². The zero-order valence-electron chi connectivity index (χ0n) is 11.4. The molecule has 0 aliphatic heterocycles. The Morgan fingerprint density at radius 3 is 2.57 bits per heavy atom. The van der Waals surface area contributed by atoms with Gasteiger partial charge in [-0.2, -0.15) is 0 Å². The molecule has 21 heavy (non-hydrogen) atoms. The predicted molar refractivity (Wildman–Crippen MR) is 75.3 cm³/mol. The van der Waals surface area contributed by atoms with Crippen LogP contribution in [0, 0.1) is 23.6 Å². The van der Waals surface area contributed by atoms with E-state index in [9.17, 15) is 17.6 Å². The van der Waals surface area contributed by atoms with E-state index in [0.29, 0.717) is 11.8 Å². The number of carbonyl (C=O) groups is 1. The van der Waals surface area contributed by atoms with Gasteiger partial charge in [0.2, 0.25) is 15.9 Å². The van der Waals surface area contributed by atoms with Crippen molar-refractivity contribution in [3.63, 3.8) is 0 Å². The van der Waals surface area contributed by atoms with Crippen LogP contribution in [0.5, 0.6) is 0 Å². The summed E-state index contributed by atoms with van der Waals surface area (Å²) in [6.45, 7) is 0. The molecule has 0 aromatic heterocycles. The van der Waals surface area contributed by atoms with Crippen molar-refractivity contribution >= 4 is 21.6 Å². The summed E-state index contributed by atoms with van der Waals surface area (Å²) >= 11 is 0. The second kappa shape index (κ2) is 5.06. The van der Waals surface area contributed by atoms with Crippen LogP contribution in [-0.2, 0) is 14.8 Å². The Morgan fingerprint density at radius 1 is 1.24 bits per heavy atom. The summed E-state index contributed by atoms with van der Waals surface area (Å²) in [6.07, 6.45) is 4.20. The van der Waals surface area contributed by atoms with E-state index < -0.39 is 15.8 Å².